The van der Waals surface area contributed by atoms with Crippen LogP contribution in [0.5, 0.6) is 0 Å². The minimum absolute atomic E-state index is 0.621. The number of benzene rings is 2. The fourth-order valence-electron chi connectivity index (χ4n) is 2.03. The zero-order chi connectivity index (χ0) is 14.5. The molecule has 0 unspecified atom stereocenters. The van der Waals surface area contributed by atoms with E-state index in [1.165, 1.54) is 0 Å². The number of hydrogen-bond acceptors (Lipinski definition) is 5. The Morgan fingerprint density at radius 3 is 2.30 bits per heavy atom. The van der Waals surface area contributed by atoms with Gasteiger partial charge in [0.2, 0.25) is 0 Å². The third-order valence-electron chi connectivity index (χ3n) is 3.03. The van der Waals surface area contributed by atoms with Crippen LogP contribution in [0.4, 0.5) is 22.7 Å². The van der Waals surface area contributed by atoms with Crippen LogP contribution in [0.3, 0.4) is 0 Å². The van der Waals surface area contributed by atoms with E-state index in [0.29, 0.717) is 30.2 Å². The molecule has 2 aromatic rings. The molecule has 0 radical (unpaired) electrons. The summed E-state index contributed by atoms with van der Waals surface area (Å²) in [6.07, 6.45) is 0. The van der Waals surface area contributed by atoms with E-state index in [1.807, 2.05) is 24.3 Å². The number of hydrogen-bond donors (Lipinski definition) is 4. The summed E-state index contributed by atoms with van der Waals surface area (Å²) in [5.41, 5.74) is 22.6. The van der Waals surface area contributed by atoms with E-state index in [-0.39, 0.29) is 0 Å². The predicted octanol–water partition coefficient (Wildman–Crippen LogP) is 2.16. The molecule has 5 nitrogen and oxygen atoms in total. The van der Waals surface area contributed by atoms with E-state index in [1.54, 1.807) is 19.2 Å². The Labute approximate surface area is 118 Å². The molecule has 2 rings (SSSR count). The van der Waals surface area contributed by atoms with Gasteiger partial charge in [-0.15, -0.1) is 0 Å². The maximum atomic E-state index is 6.05. The van der Waals surface area contributed by atoms with Crippen LogP contribution in [-0.2, 0) is 4.74 Å². The van der Waals surface area contributed by atoms with Gasteiger partial charge >= 0.3 is 0 Å². The molecule has 0 aromatic heterocycles. The molecule has 0 bridgehead atoms. The van der Waals surface area contributed by atoms with E-state index in [0.717, 1.165) is 16.8 Å². The van der Waals surface area contributed by atoms with Crippen LogP contribution in [0.15, 0.2) is 36.4 Å². The van der Waals surface area contributed by atoms with E-state index in [4.69, 9.17) is 21.9 Å². The summed E-state index contributed by atoms with van der Waals surface area (Å²) in [7, 11) is 1.67. The van der Waals surface area contributed by atoms with Crippen molar-refractivity contribution in [3.8, 4) is 11.1 Å². The van der Waals surface area contributed by atoms with Crippen molar-refractivity contribution in [3.63, 3.8) is 0 Å². The lowest BCUT2D eigenvalue weighted by Gasteiger charge is -2.15. The van der Waals surface area contributed by atoms with Crippen molar-refractivity contribution in [1.29, 1.82) is 0 Å². The van der Waals surface area contributed by atoms with Crippen LogP contribution in [0, 0.1) is 0 Å². The summed E-state index contributed by atoms with van der Waals surface area (Å²) in [4.78, 5) is 0. The molecule has 0 amide bonds. The average Bonchev–Trinajstić information content (AvgIpc) is 2.43. The number of nitrogens with two attached hydrogens (primary N) is 3. The highest BCUT2D eigenvalue weighted by Crippen LogP contribution is 2.35. The van der Waals surface area contributed by atoms with Crippen molar-refractivity contribution < 1.29 is 4.74 Å². The van der Waals surface area contributed by atoms with Crippen LogP contribution in [0.1, 0.15) is 0 Å². The fourth-order valence-corrected chi connectivity index (χ4v) is 2.03. The van der Waals surface area contributed by atoms with Gasteiger partial charge in [-0.05, 0) is 36.4 Å². The number of methoxy groups -OCH3 is 1. The van der Waals surface area contributed by atoms with Gasteiger partial charge in [0.05, 0.1) is 6.61 Å². The van der Waals surface area contributed by atoms with Crippen molar-refractivity contribution >= 4 is 22.7 Å². The standard InChI is InChI=1S/C15H20N4O/c1-20-7-6-19-15-5-3-11(17)9-13(15)12-8-10(16)2-4-14(12)18/h2-5,8-9,19H,6-7,16-18H2,1H3. The summed E-state index contributed by atoms with van der Waals surface area (Å²) in [6.45, 7) is 1.33. The second kappa shape index (κ2) is 6.16. The lowest BCUT2D eigenvalue weighted by molar-refractivity contribution is 0.211. The highest BCUT2D eigenvalue weighted by Gasteiger charge is 2.09. The molecule has 106 valence electrons. The van der Waals surface area contributed by atoms with Crippen LogP contribution in [0.2, 0.25) is 0 Å². The molecule has 0 saturated carbocycles. The molecular formula is C15H20N4O. The third kappa shape index (κ3) is 3.13. The number of ether oxygens (including phenoxy) is 1. The molecule has 0 saturated heterocycles. The van der Waals surface area contributed by atoms with Crippen LogP contribution in [-0.4, -0.2) is 20.3 Å². The van der Waals surface area contributed by atoms with Gasteiger partial charge in [-0.2, -0.15) is 0 Å². The summed E-state index contributed by atoms with van der Waals surface area (Å²) in [6, 6.07) is 11.1. The Balaban J connectivity index is 2.42. The minimum Gasteiger partial charge on any atom is -0.399 e. The van der Waals surface area contributed by atoms with E-state index in [2.05, 4.69) is 5.32 Å². The van der Waals surface area contributed by atoms with Gasteiger partial charge in [-0.25, -0.2) is 0 Å². The van der Waals surface area contributed by atoms with Gasteiger partial charge < -0.3 is 27.3 Å². The molecule has 0 aliphatic heterocycles. The Morgan fingerprint density at radius 1 is 0.950 bits per heavy atom. The third-order valence-corrected chi connectivity index (χ3v) is 3.03. The van der Waals surface area contributed by atoms with Crippen molar-refractivity contribution in [1.82, 2.24) is 0 Å². The Hall–Kier alpha value is -2.40. The molecule has 20 heavy (non-hydrogen) atoms. The maximum absolute atomic E-state index is 6.05. The van der Waals surface area contributed by atoms with Gasteiger partial charge in [0.25, 0.3) is 0 Å². The first-order valence-electron chi connectivity index (χ1n) is 6.39. The normalized spacial score (nSPS) is 10.4. The van der Waals surface area contributed by atoms with Gasteiger partial charge in [-0.3, -0.25) is 0 Å². The van der Waals surface area contributed by atoms with Crippen molar-refractivity contribution in [2.24, 2.45) is 0 Å². The summed E-state index contributed by atoms with van der Waals surface area (Å²) < 4.78 is 5.04. The quantitative estimate of drug-likeness (QED) is 0.494. The van der Waals surface area contributed by atoms with E-state index >= 15 is 0 Å². The largest absolute Gasteiger partial charge is 0.399 e. The Morgan fingerprint density at radius 2 is 1.60 bits per heavy atom. The Kier molecular flexibility index (Phi) is 4.32. The lowest BCUT2D eigenvalue weighted by atomic mass is 10.0. The first kappa shape index (κ1) is 14.0. The van der Waals surface area contributed by atoms with Crippen LogP contribution >= 0.6 is 0 Å². The molecule has 0 aliphatic carbocycles. The number of nitrogen functional groups attached to an aromatic ring is 3. The lowest BCUT2D eigenvalue weighted by Crippen LogP contribution is -2.09. The molecule has 0 atom stereocenters. The van der Waals surface area contributed by atoms with E-state index < -0.39 is 0 Å². The van der Waals surface area contributed by atoms with E-state index in [9.17, 15) is 0 Å². The van der Waals surface area contributed by atoms with Crippen molar-refractivity contribution in [2.45, 2.75) is 0 Å². The summed E-state index contributed by atoms with van der Waals surface area (Å²) in [5.74, 6) is 0. The minimum atomic E-state index is 0.621. The predicted molar refractivity (Wildman–Crippen MR) is 85.5 cm³/mol. The Bertz CT molecular complexity index is 598. The highest BCUT2D eigenvalue weighted by atomic mass is 16.5. The number of nitrogens with one attached hydrogen (secondary N) is 1. The molecule has 0 fully saturated rings. The molecule has 0 spiro atoms. The fraction of sp³-hybridized carbons (Fsp3) is 0.200. The average molecular weight is 272 g/mol. The van der Waals surface area contributed by atoms with Gasteiger partial charge in [0.15, 0.2) is 0 Å². The highest BCUT2D eigenvalue weighted by molar-refractivity contribution is 5.88. The van der Waals surface area contributed by atoms with Crippen LogP contribution < -0.4 is 22.5 Å². The summed E-state index contributed by atoms with van der Waals surface area (Å²) in [5, 5.41) is 3.31. The first-order chi connectivity index (χ1) is 9.61. The van der Waals surface area contributed by atoms with Crippen molar-refractivity contribution in [3.05, 3.63) is 36.4 Å². The monoisotopic (exact) mass is 272 g/mol. The molecular weight excluding hydrogens is 252 g/mol. The topological polar surface area (TPSA) is 99.3 Å². The number of rotatable bonds is 5. The molecule has 2 aromatic carbocycles. The zero-order valence-electron chi connectivity index (χ0n) is 11.5. The van der Waals surface area contributed by atoms with Gasteiger partial charge in [-0.1, -0.05) is 0 Å². The van der Waals surface area contributed by atoms with Crippen molar-refractivity contribution in [2.75, 3.05) is 42.8 Å². The molecule has 7 N–H and O–H groups in total. The zero-order valence-corrected chi connectivity index (χ0v) is 11.5. The van der Waals surface area contributed by atoms with Gasteiger partial charge in [0, 0.05) is 47.5 Å². The first-order valence-corrected chi connectivity index (χ1v) is 6.39. The van der Waals surface area contributed by atoms with Crippen LogP contribution in [0.25, 0.3) is 11.1 Å². The summed E-state index contributed by atoms with van der Waals surface area (Å²) >= 11 is 0. The molecule has 5 heteroatoms. The second-order valence-corrected chi connectivity index (χ2v) is 4.57. The maximum Gasteiger partial charge on any atom is 0.0635 e. The molecule has 0 heterocycles. The van der Waals surface area contributed by atoms with Gasteiger partial charge in [0.1, 0.15) is 0 Å². The second-order valence-electron chi connectivity index (χ2n) is 4.57. The molecule has 0 aliphatic rings. The SMILES string of the molecule is COCCNc1ccc(N)cc1-c1cc(N)ccc1N. The smallest absolute Gasteiger partial charge is 0.0635 e. The number of anilines is 4.